The van der Waals surface area contributed by atoms with E-state index in [0.717, 1.165) is 0 Å². The highest BCUT2D eigenvalue weighted by molar-refractivity contribution is 5.45. The molecule has 0 radical (unpaired) electrons. The molecule has 1 rings (SSSR count). The van der Waals surface area contributed by atoms with Gasteiger partial charge < -0.3 is 0 Å². The Morgan fingerprint density at radius 1 is 0.882 bits per heavy atom. The van der Waals surface area contributed by atoms with E-state index in [2.05, 4.69) is 10.0 Å². The molecule has 0 N–H and O–H groups in total. The topological polar surface area (TPSA) is 48.8 Å². The van der Waals surface area contributed by atoms with E-state index in [4.69, 9.17) is 5.53 Å². The van der Waals surface area contributed by atoms with Crippen molar-refractivity contribution in [2.45, 2.75) is 12.4 Å². The van der Waals surface area contributed by atoms with Gasteiger partial charge in [0.05, 0.1) is 11.1 Å². The zero-order valence-electron chi connectivity index (χ0n) is 7.84. The van der Waals surface area contributed by atoms with Gasteiger partial charge in [-0.2, -0.15) is 26.3 Å². The van der Waals surface area contributed by atoms with Crippen LogP contribution >= 0.6 is 0 Å². The van der Waals surface area contributed by atoms with Crippen molar-refractivity contribution in [2.75, 3.05) is 0 Å². The van der Waals surface area contributed by atoms with Crippen LogP contribution in [0.5, 0.6) is 0 Å². The van der Waals surface area contributed by atoms with E-state index in [0.29, 0.717) is 12.1 Å². The summed E-state index contributed by atoms with van der Waals surface area (Å²) in [5.74, 6) is 0. The van der Waals surface area contributed by atoms with Gasteiger partial charge in [-0.15, -0.1) is 0 Å². The lowest BCUT2D eigenvalue weighted by atomic mass is 10.1. The van der Waals surface area contributed by atoms with E-state index >= 15 is 0 Å². The molecule has 0 aliphatic rings. The highest BCUT2D eigenvalue weighted by atomic mass is 19.4. The van der Waals surface area contributed by atoms with E-state index in [9.17, 15) is 26.3 Å². The fraction of sp³-hybridized carbons (Fsp3) is 0.250. The summed E-state index contributed by atoms with van der Waals surface area (Å²) in [6, 6.07) is 0.639. The van der Waals surface area contributed by atoms with Crippen LogP contribution < -0.4 is 0 Å². The molecule has 0 heterocycles. The molecule has 0 atom stereocenters. The van der Waals surface area contributed by atoms with Gasteiger partial charge in [0.1, 0.15) is 0 Å². The number of azide groups is 1. The third kappa shape index (κ3) is 3.28. The number of halogens is 6. The van der Waals surface area contributed by atoms with Crippen LogP contribution in [0.2, 0.25) is 0 Å². The largest absolute Gasteiger partial charge is 0.416 e. The van der Waals surface area contributed by atoms with Crippen LogP contribution in [0.25, 0.3) is 10.4 Å². The van der Waals surface area contributed by atoms with Crippen LogP contribution in [0, 0.1) is 0 Å². The van der Waals surface area contributed by atoms with Crippen molar-refractivity contribution in [2.24, 2.45) is 5.11 Å². The number of alkyl halides is 6. The van der Waals surface area contributed by atoms with Gasteiger partial charge in [-0.1, -0.05) is 5.11 Å². The van der Waals surface area contributed by atoms with Gasteiger partial charge in [-0.25, -0.2) is 0 Å². The van der Waals surface area contributed by atoms with Gasteiger partial charge in [0.25, 0.3) is 0 Å². The lowest BCUT2D eigenvalue weighted by Crippen LogP contribution is -2.10. The van der Waals surface area contributed by atoms with Gasteiger partial charge in [-0.05, 0) is 23.7 Å². The van der Waals surface area contributed by atoms with Crippen molar-refractivity contribution in [3.8, 4) is 0 Å². The van der Waals surface area contributed by atoms with Crippen molar-refractivity contribution in [3.63, 3.8) is 0 Å². The molecule has 0 fully saturated rings. The lowest BCUT2D eigenvalue weighted by molar-refractivity contribution is -0.143. The van der Waals surface area contributed by atoms with E-state index in [1.807, 2.05) is 0 Å². The Kier molecular flexibility index (Phi) is 3.23. The zero-order chi connectivity index (χ0) is 13.3. The molecular formula is C8H3F6N3. The summed E-state index contributed by atoms with van der Waals surface area (Å²) in [5, 5.41) is 2.74. The first kappa shape index (κ1) is 13.2. The monoisotopic (exact) mass is 255 g/mol. The summed E-state index contributed by atoms with van der Waals surface area (Å²) in [6.45, 7) is 0. The summed E-state index contributed by atoms with van der Waals surface area (Å²) >= 11 is 0. The molecule has 92 valence electrons. The SMILES string of the molecule is [N-]=[N+]=Nc1cc(C(F)(F)F)cc(C(F)(F)F)c1. The third-order valence-electron chi connectivity index (χ3n) is 1.73. The van der Waals surface area contributed by atoms with Gasteiger partial charge >= 0.3 is 12.4 Å². The van der Waals surface area contributed by atoms with Crippen molar-refractivity contribution < 1.29 is 26.3 Å². The normalized spacial score (nSPS) is 12.1. The summed E-state index contributed by atoms with van der Waals surface area (Å²) < 4.78 is 73.6. The van der Waals surface area contributed by atoms with E-state index < -0.39 is 29.2 Å². The molecule has 0 aromatic heterocycles. The van der Waals surface area contributed by atoms with Gasteiger partial charge in [0.2, 0.25) is 0 Å². The second kappa shape index (κ2) is 4.17. The first-order valence-corrected chi connectivity index (χ1v) is 3.99. The third-order valence-corrected chi connectivity index (χ3v) is 1.73. The first-order valence-electron chi connectivity index (χ1n) is 3.99. The smallest absolute Gasteiger partial charge is 0.166 e. The molecule has 0 bridgehead atoms. The van der Waals surface area contributed by atoms with E-state index in [1.54, 1.807) is 0 Å². The number of rotatable bonds is 1. The van der Waals surface area contributed by atoms with Crippen LogP contribution in [0.4, 0.5) is 32.0 Å². The average molecular weight is 255 g/mol. The Balaban J connectivity index is 3.44. The van der Waals surface area contributed by atoms with Gasteiger partial charge in [-0.3, -0.25) is 0 Å². The molecule has 0 saturated heterocycles. The molecule has 0 aliphatic heterocycles. The molecular weight excluding hydrogens is 252 g/mol. The van der Waals surface area contributed by atoms with Crippen LogP contribution in [0.3, 0.4) is 0 Å². The molecule has 0 spiro atoms. The van der Waals surface area contributed by atoms with Gasteiger partial charge in [0, 0.05) is 10.6 Å². The lowest BCUT2D eigenvalue weighted by Gasteiger charge is -2.12. The van der Waals surface area contributed by atoms with Crippen LogP contribution in [-0.4, -0.2) is 0 Å². The summed E-state index contributed by atoms with van der Waals surface area (Å²) in [4.78, 5) is 2.14. The fourth-order valence-electron chi connectivity index (χ4n) is 1.05. The maximum atomic E-state index is 12.3. The Morgan fingerprint density at radius 3 is 1.59 bits per heavy atom. The van der Waals surface area contributed by atoms with Crippen LogP contribution in [-0.2, 0) is 12.4 Å². The fourth-order valence-corrected chi connectivity index (χ4v) is 1.05. The van der Waals surface area contributed by atoms with Crippen molar-refractivity contribution in [1.82, 2.24) is 0 Å². The molecule has 0 aliphatic carbocycles. The maximum absolute atomic E-state index is 12.3. The standard InChI is InChI=1S/C8H3F6N3/c9-7(10,11)4-1-5(8(12,13)14)3-6(2-4)16-17-15/h1-3H. The highest BCUT2D eigenvalue weighted by Gasteiger charge is 2.36. The number of hydrogen-bond acceptors (Lipinski definition) is 1. The number of nitrogens with zero attached hydrogens (tertiary/aromatic N) is 3. The van der Waals surface area contributed by atoms with Crippen molar-refractivity contribution in [1.29, 1.82) is 0 Å². The Labute approximate surface area is 90.3 Å². The molecule has 0 unspecified atom stereocenters. The molecule has 17 heavy (non-hydrogen) atoms. The van der Waals surface area contributed by atoms with Crippen molar-refractivity contribution >= 4 is 5.69 Å². The van der Waals surface area contributed by atoms with Crippen LogP contribution in [0.1, 0.15) is 11.1 Å². The molecule has 1 aromatic rings. The number of benzene rings is 1. The predicted molar refractivity (Wildman–Crippen MR) is 45.3 cm³/mol. The second-order valence-electron chi connectivity index (χ2n) is 2.95. The Bertz CT molecular complexity index is 437. The number of hydrogen-bond donors (Lipinski definition) is 0. The summed E-state index contributed by atoms with van der Waals surface area (Å²) in [6.07, 6.45) is -9.89. The minimum atomic E-state index is -4.94. The summed E-state index contributed by atoms with van der Waals surface area (Å²) in [5.41, 5.74) is 4.22. The molecule has 1 aromatic carbocycles. The minimum absolute atomic E-state index is 0.0452. The summed E-state index contributed by atoms with van der Waals surface area (Å²) in [7, 11) is 0. The predicted octanol–water partition coefficient (Wildman–Crippen LogP) is 4.67. The zero-order valence-corrected chi connectivity index (χ0v) is 7.84. The first-order chi connectivity index (χ1) is 7.64. The maximum Gasteiger partial charge on any atom is 0.416 e. The Morgan fingerprint density at radius 2 is 1.29 bits per heavy atom. The molecule has 3 nitrogen and oxygen atoms in total. The molecule has 0 amide bonds. The van der Waals surface area contributed by atoms with E-state index in [-0.39, 0.29) is 6.07 Å². The highest BCUT2D eigenvalue weighted by Crippen LogP contribution is 2.38. The minimum Gasteiger partial charge on any atom is -0.166 e. The molecule has 9 heteroatoms. The average Bonchev–Trinajstić information content (AvgIpc) is 2.15. The van der Waals surface area contributed by atoms with E-state index in [1.165, 1.54) is 0 Å². The molecule has 0 saturated carbocycles. The van der Waals surface area contributed by atoms with Crippen molar-refractivity contribution in [3.05, 3.63) is 39.8 Å². The second-order valence-corrected chi connectivity index (χ2v) is 2.95. The quantitative estimate of drug-likeness (QED) is 0.303. The van der Waals surface area contributed by atoms with Crippen LogP contribution in [0.15, 0.2) is 23.3 Å². The van der Waals surface area contributed by atoms with Gasteiger partial charge in [0.15, 0.2) is 0 Å². The Hall–Kier alpha value is -1.89.